The van der Waals surface area contributed by atoms with Gasteiger partial charge in [-0.25, -0.2) is 9.59 Å². The van der Waals surface area contributed by atoms with Crippen molar-refractivity contribution in [3.63, 3.8) is 0 Å². The number of hydrogen-bond acceptors (Lipinski definition) is 6. The van der Waals surface area contributed by atoms with Crippen molar-refractivity contribution in [1.29, 1.82) is 0 Å². The molecule has 2 aliphatic rings. The number of rotatable bonds is 7. The summed E-state index contributed by atoms with van der Waals surface area (Å²) >= 11 is 0. The summed E-state index contributed by atoms with van der Waals surface area (Å²) in [5.41, 5.74) is 4.52. The molecule has 0 aromatic heterocycles. The molecular weight excluding hydrogens is 496 g/mol. The van der Waals surface area contributed by atoms with Crippen LogP contribution in [0.1, 0.15) is 71.4 Å². The minimum absolute atomic E-state index is 0.0640. The number of imide groups is 1. The summed E-state index contributed by atoms with van der Waals surface area (Å²) in [4.78, 5) is 55.5. The first-order valence-corrected chi connectivity index (χ1v) is 13.0. The molecule has 1 N–H and O–H groups in total. The quantitative estimate of drug-likeness (QED) is 0.410. The van der Waals surface area contributed by atoms with Gasteiger partial charge in [0.15, 0.2) is 0 Å². The van der Waals surface area contributed by atoms with Gasteiger partial charge >= 0.3 is 12.1 Å². The number of benzene rings is 3. The number of fused-ring (bicyclic) bond motifs is 4. The van der Waals surface area contributed by atoms with Gasteiger partial charge in [-0.3, -0.25) is 9.59 Å². The Bertz CT molecular complexity index is 1380. The van der Waals surface area contributed by atoms with Crippen LogP contribution in [0.15, 0.2) is 72.8 Å². The van der Waals surface area contributed by atoms with Gasteiger partial charge in [-0.05, 0) is 46.2 Å². The number of hydroxylamine groups is 2. The van der Waals surface area contributed by atoms with Gasteiger partial charge in [0, 0.05) is 18.4 Å². The molecule has 0 spiro atoms. The highest BCUT2D eigenvalue weighted by atomic mass is 16.7. The topological polar surface area (TPSA) is 102 Å². The van der Waals surface area contributed by atoms with E-state index >= 15 is 0 Å². The van der Waals surface area contributed by atoms with Crippen molar-refractivity contribution in [2.45, 2.75) is 45.6 Å². The molecule has 0 bridgehead atoms. The van der Waals surface area contributed by atoms with Gasteiger partial charge in [-0.15, -0.1) is 0 Å². The molecule has 0 unspecified atom stereocenters. The number of hydrogen-bond donors (Lipinski definition) is 1. The normalized spacial score (nSPS) is 14.9. The van der Waals surface area contributed by atoms with E-state index in [9.17, 15) is 19.2 Å². The van der Waals surface area contributed by atoms with Crippen LogP contribution >= 0.6 is 0 Å². The van der Waals surface area contributed by atoms with Gasteiger partial charge < -0.3 is 14.9 Å². The van der Waals surface area contributed by atoms with E-state index in [-0.39, 0.29) is 36.5 Å². The van der Waals surface area contributed by atoms with Crippen LogP contribution in [-0.2, 0) is 14.4 Å². The van der Waals surface area contributed by atoms with Crippen LogP contribution in [0.2, 0.25) is 0 Å². The lowest BCUT2D eigenvalue weighted by atomic mass is 9.84. The van der Waals surface area contributed by atoms with Crippen LogP contribution in [0.4, 0.5) is 4.79 Å². The zero-order valence-electron chi connectivity index (χ0n) is 22.1. The lowest BCUT2D eigenvalue weighted by molar-refractivity contribution is -0.168. The maximum atomic E-state index is 12.9. The van der Waals surface area contributed by atoms with Gasteiger partial charge in [0.1, 0.15) is 6.61 Å². The van der Waals surface area contributed by atoms with Crippen molar-refractivity contribution in [1.82, 2.24) is 10.4 Å². The van der Waals surface area contributed by atoms with Crippen LogP contribution in [0, 0.1) is 5.41 Å². The fourth-order valence-electron chi connectivity index (χ4n) is 5.16. The molecule has 1 atom stereocenters. The monoisotopic (exact) mass is 526 g/mol. The van der Waals surface area contributed by atoms with Crippen LogP contribution in [0.25, 0.3) is 11.1 Å². The summed E-state index contributed by atoms with van der Waals surface area (Å²) in [6, 6.07) is 22.1. The minimum Gasteiger partial charge on any atom is -0.449 e. The number of carbonyl (C=O) groups is 4. The average molecular weight is 527 g/mol. The van der Waals surface area contributed by atoms with Crippen LogP contribution in [0.3, 0.4) is 0 Å². The molecule has 0 radical (unpaired) electrons. The van der Waals surface area contributed by atoms with Crippen molar-refractivity contribution >= 4 is 23.9 Å². The Balaban J connectivity index is 1.18. The third-order valence-electron chi connectivity index (χ3n) is 7.27. The molecular formula is C31H30N2O6. The summed E-state index contributed by atoms with van der Waals surface area (Å²) < 4.78 is 5.68. The highest BCUT2D eigenvalue weighted by molar-refractivity contribution is 6.20. The summed E-state index contributed by atoms with van der Waals surface area (Å²) in [5, 5.41) is 3.39. The number of nitrogens with zero attached hydrogens (tertiary/aromatic N) is 1. The molecule has 200 valence electrons. The van der Waals surface area contributed by atoms with Crippen molar-refractivity contribution in [2.75, 3.05) is 6.61 Å². The van der Waals surface area contributed by atoms with Crippen molar-refractivity contribution in [2.24, 2.45) is 5.41 Å². The highest BCUT2D eigenvalue weighted by Gasteiger charge is 2.39. The Morgan fingerprint density at radius 3 is 1.82 bits per heavy atom. The van der Waals surface area contributed by atoms with Gasteiger partial charge in [0.05, 0.1) is 11.1 Å². The fraction of sp³-hybridized carbons (Fsp3) is 0.290. The largest absolute Gasteiger partial charge is 0.449 e. The molecule has 0 saturated carbocycles. The van der Waals surface area contributed by atoms with Crippen molar-refractivity contribution < 1.29 is 28.8 Å². The predicted molar refractivity (Wildman–Crippen MR) is 144 cm³/mol. The minimum atomic E-state index is -0.743. The first-order valence-electron chi connectivity index (χ1n) is 13.0. The van der Waals surface area contributed by atoms with E-state index in [1.807, 2.05) is 45.0 Å². The Hall–Kier alpha value is -4.46. The Morgan fingerprint density at radius 1 is 0.821 bits per heavy atom. The molecule has 3 aromatic rings. The van der Waals surface area contributed by atoms with Gasteiger partial charge in [0.25, 0.3) is 11.8 Å². The van der Waals surface area contributed by atoms with E-state index in [4.69, 9.17) is 9.57 Å². The smallest absolute Gasteiger partial charge is 0.407 e. The second-order valence-corrected chi connectivity index (χ2v) is 10.8. The molecule has 3 amide bonds. The average Bonchev–Trinajstić information content (AvgIpc) is 3.36. The fourth-order valence-corrected chi connectivity index (χ4v) is 5.16. The molecule has 1 heterocycles. The Morgan fingerprint density at radius 2 is 1.31 bits per heavy atom. The lowest BCUT2D eigenvalue weighted by Gasteiger charge is -2.31. The van der Waals surface area contributed by atoms with E-state index < -0.39 is 35.3 Å². The summed E-state index contributed by atoms with van der Waals surface area (Å²) in [6.07, 6.45) is -0.459. The molecule has 5 rings (SSSR count). The summed E-state index contributed by atoms with van der Waals surface area (Å²) in [6.45, 7) is 6.00. The molecule has 1 aliphatic heterocycles. The van der Waals surface area contributed by atoms with Gasteiger partial charge in [-0.1, -0.05) is 86.5 Å². The molecule has 39 heavy (non-hydrogen) atoms. The van der Waals surface area contributed by atoms with E-state index in [2.05, 4.69) is 29.6 Å². The highest BCUT2D eigenvalue weighted by Crippen LogP contribution is 2.44. The van der Waals surface area contributed by atoms with Crippen molar-refractivity contribution in [3.8, 4) is 11.1 Å². The predicted octanol–water partition coefficient (Wildman–Crippen LogP) is 5.47. The summed E-state index contributed by atoms with van der Waals surface area (Å²) in [7, 11) is 0. The maximum Gasteiger partial charge on any atom is 0.407 e. The van der Waals surface area contributed by atoms with Crippen LogP contribution < -0.4 is 5.32 Å². The van der Waals surface area contributed by atoms with Crippen LogP contribution in [0.5, 0.6) is 0 Å². The second kappa shape index (κ2) is 10.4. The van der Waals surface area contributed by atoms with Gasteiger partial charge in [-0.2, -0.15) is 0 Å². The summed E-state index contributed by atoms with van der Waals surface area (Å²) in [5.74, 6) is -2.15. The first kappa shape index (κ1) is 26.2. The number of ether oxygens (including phenoxy) is 1. The van der Waals surface area contributed by atoms with Gasteiger partial charge in [0.2, 0.25) is 0 Å². The SMILES string of the molecule is CC(C)(C)[C@H](CCC(=O)ON1C(=O)c2ccccc2C1=O)NC(=O)OCC1c2ccccc2-c2ccccc21. The molecule has 8 heteroatoms. The molecule has 1 aliphatic carbocycles. The third-order valence-corrected chi connectivity index (χ3v) is 7.27. The van der Waals surface area contributed by atoms with E-state index in [1.54, 1.807) is 12.1 Å². The Labute approximate surface area is 226 Å². The molecule has 0 fully saturated rings. The van der Waals surface area contributed by atoms with Crippen LogP contribution in [-0.4, -0.2) is 41.6 Å². The zero-order valence-corrected chi connectivity index (χ0v) is 22.1. The number of alkyl carbamates (subject to hydrolysis) is 1. The van der Waals surface area contributed by atoms with E-state index in [1.165, 1.54) is 12.1 Å². The second-order valence-electron chi connectivity index (χ2n) is 10.8. The van der Waals surface area contributed by atoms with E-state index in [0.29, 0.717) is 5.06 Å². The standard InChI is InChI=1S/C31H30N2O6/c1-31(2,3)26(16-17-27(34)39-33-28(35)23-14-8-9-15-24(23)29(33)36)32-30(37)38-18-25-21-12-6-4-10-19(21)20-11-5-7-13-22(20)25/h4-15,25-26H,16-18H2,1-3H3,(H,32,37)/t26-/m0/s1. The number of nitrogens with one attached hydrogen (secondary N) is 1. The van der Waals surface area contributed by atoms with Crippen molar-refractivity contribution in [3.05, 3.63) is 95.1 Å². The van der Waals surface area contributed by atoms with E-state index in [0.717, 1.165) is 22.3 Å². The number of amides is 3. The first-order chi connectivity index (χ1) is 18.6. The maximum absolute atomic E-state index is 12.9. The lowest BCUT2D eigenvalue weighted by Crippen LogP contribution is -2.44. The zero-order chi connectivity index (χ0) is 27.7. The molecule has 3 aromatic carbocycles. The number of carbonyl (C=O) groups excluding carboxylic acids is 4. The third kappa shape index (κ3) is 5.14. The molecule has 0 saturated heterocycles. The molecule has 8 nitrogen and oxygen atoms in total. The Kier molecular flexibility index (Phi) is 6.95.